The van der Waals surface area contributed by atoms with Crippen LogP contribution in [0.3, 0.4) is 0 Å². The van der Waals surface area contributed by atoms with Gasteiger partial charge in [0.1, 0.15) is 11.3 Å². The van der Waals surface area contributed by atoms with Gasteiger partial charge in [-0.3, -0.25) is 4.57 Å². The molecular formula is C30H44F2N10O6S2. The quantitative estimate of drug-likeness (QED) is 0.261. The molecule has 0 saturated carbocycles. The molecule has 0 spiro atoms. The van der Waals surface area contributed by atoms with Crippen molar-refractivity contribution in [3.63, 3.8) is 0 Å². The minimum absolute atomic E-state index is 0.0157. The molecule has 6 rings (SSSR count). The van der Waals surface area contributed by atoms with Gasteiger partial charge in [0.15, 0.2) is 5.82 Å². The van der Waals surface area contributed by atoms with Gasteiger partial charge in [0, 0.05) is 64.9 Å². The second-order valence-electron chi connectivity index (χ2n) is 12.7. The fraction of sp³-hybridized carbons (Fsp3) is 0.667. The molecule has 0 N–H and O–H groups in total. The zero-order valence-electron chi connectivity index (χ0n) is 28.5. The van der Waals surface area contributed by atoms with Crippen LogP contribution in [-0.2, 0) is 24.8 Å². The summed E-state index contributed by atoms with van der Waals surface area (Å²) in [4.78, 5) is 24.9. The molecule has 20 heteroatoms. The number of hydrogen-bond acceptors (Lipinski definition) is 13. The Morgan fingerprint density at radius 2 is 1.52 bits per heavy atom. The van der Waals surface area contributed by atoms with E-state index in [1.807, 2.05) is 9.80 Å². The summed E-state index contributed by atoms with van der Waals surface area (Å²) in [6.45, 7) is 5.75. The van der Waals surface area contributed by atoms with Crippen molar-refractivity contribution >= 4 is 43.0 Å². The molecular weight excluding hydrogens is 699 g/mol. The van der Waals surface area contributed by atoms with Crippen molar-refractivity contribution in [1.82, 2.24) is 38.0 Å². The lowest BCUT2D eigenvalue weighted by Crippen LogP contribution is -2.50. The maximum atomic E-state index is 14.6. The summed E-state index contributed by atoms with van der Waals surface area (Å²) in [5.74, 6) is 0.395. The number of imidazole rings is 1. The highest BCUT2D eigenvalue weighted by molar-refractivity contribution is 7.88. The minimum Gasteiger partial charge on any atom is -0.494 e. The summed E-state index contributed by atoms with van der Waals surface area (Å²) < 4.78 is 93.1. The molecule has 5 heterocycles. The van der Waals surface area contributed by atoms with Gasteiger partial charge in [-0.1, -0.05) is 6.07 Å². The number of rotatable bonds is 12. The normalized spacial score (nSPS) is 19.4. The molecule has 0 bridgehead atoms. The van der Waals surface area contributed by atoms with Crippen molar-refractivity contribution in [2.75, 3.05) is 108 Å². The molecule has 0 radical (unpaired) electrons. The maximum Gasteiger partial charge on any atom is 0.296 e. The van der Waals surface area contributed by atoms with Gasteiger partial charge in [0.2, 0.25) is 37.9 Å². The van der Waals surface area contributed by atoms with Gasteiger partial charge in [-0.15, -0.1) is 0 Å². The maximum absolute atomic E-state index is 14.6. The number of halogens is 2. The number of anilines is 2. The molecule has 0 aliphatic carbocycles. The van der Waals surface area contributed by atoms with Crippen LogP contribution >= 0.6 is 0 Å². The average molecular weight is 743 g/mol. The van der Waals surface area contributed by atoms with Crippen LogP contribution in [0.25, 0.3) is 17.0 Å². The monoisotopic (exact) mass is 742 g/mol. The summed E-state index contributed by atoms with van der Waals surface area (Å²) in [6, 6.07) is 4.86. The Kier molecular flexibility index (Phi) is 11.0. The molecule has 3 aromatic rings. The summed E-state index contributed by atoms with van der Waals surface area (Å²) in [5, 5.41) is 0. The third-order valence-corrected chi connectivity index (χ3v) is 12.1. The number of piperazine rings is 1. The Morgan fingerprint density at radius 3 is 2.14 bits per heavy atom. The van der Waals surface area contributed by atoms with Crippen LogP contribution in [0.4, 0.5) is 20.7 Å². The lowest BCUT2D eigenvalue weighted by molar-refractivity contribution is 0.122. The summed E-state index contributed by atoms with van der Waals surface area (Å²) >= 11 is 0. The first kappa shape index (κ1) is 36.5. The van der Waals surface area contributed by atoms with Crippen molar-refractivity contribution in [3.05, 3.63) is 24.0 Å². The van der Waals surface area contributed by atoms with Crippen molar-refractivity contribution < 1.29 is 35.1 Å². The minimum atomic E-state index is -3.37. The highest BCUT2D eigenvalue weighted by atomic mass is 32.2. The Bertz CT molecular complexity index is 1860. The van der Waals surface area contributed by atoms with E-state index in [1.54, 1.807) is 18.2 Å². The summed E-state index contributed by atoms with van der Waals surface area (Å²) in [5.41, 5.74) is 0.604. The average Bonchev–Trinajstić information content (AvgIpc) is 3.50. The van der Waals surface area contributed by atoms with Crippen LogP contribution in [0, 0.1) is 0 Å². The van der Waals surface area contributed by atoms with E-state index in [0.29, 0.717) is 121 Å². The highest BCUT2D eigenvalue weighted by Crippen LogP contribution is 2.33. The molecule has 50 heavy (non-hydrogen) atoms. The number of fused-ring (bicyclic) bond motifs is 1. The van der Waals surface area contributed by atoms with Crippen LogP contribution in [-0.4, -0.2) is 159 Å². The molecule has 3 saturated heterocycles. The zero-order valence-corrected chi connectivity index (χ0v) is 30.1. The van der Waals surface area contributed by atoms with Gasteiger partial charge in [-0.05, 0) is 37.9 Å². The van der Waals surface area contributed by atoms with Crippen molar-refractivity contribution in [2.45, 2.75) is 31.7 Å². The Labute approximate surface area is 291 Å². The Hall–Kier alpha value is -3.30. The molecule has 16 nitrogen and oxygen atoms in total. The van der Waals surface area contributed by atoms with Gasteiger partial charge in [0.25, 0.3) is 6.43 Å². The molecule has 3 fully saturated rings. The number of nitrogens with zero attached hydrogens (tertiary/aromatic N) is 10. The molecule has 3 aliphatic heterocycles. The number of alkyl halides is 2. The van der Waals surface area contributed by atoms with Crippen LogP contribution in [0.5, 0.6) is 5.75 Å². The fourth-order valence-corrected chi connectivity index (χ4v) is 8.47. The number of para-hydroxylation sites is 1. The van der Waals surface area contributed by atoms with Crippen LogP contribution < -0.4 is 14.5 Å². The highest BCUT2D eigenvalue weighted by Gasteiger charge is 2.33. The number of morpholine rings is 1. The topological polar surface area (TPSA) is 159 Å². The van der Waals surface area contributed by atoms with E-state index in [9.17, 15) is 25.6 Å². The third-order valence-electron chi connectivity index (χ3n) is 9.45. The first-order valence-electron chi connectivity index (χ1n) is 16.7. The van der Waals surface area contributed by atoms with E-state index in [1.165, 1.54) is 32.8 Å². The molecule has 2 aromatic heterocycles. The Balaban J connectivity index is 1.37. The largest absolute Gasteiger partial charge is 0.494 e. The number of benzene rings is 1. The van der Waals surface area contributed by atoms with E-state index >= 15 is 0 Å². The van der Waals surface area contributed by atoms with Crippen molar-refractivity contribution in [2.24, 2.45) is 0 Å². The first-order chi connectivity index (χ1) is 23.8. The smallest absolute Gasteiger partial charge is 0.296 e. The molecule has 0 amide bonds. The molecule has 3 aliphatic rings. The number of piperidine rings is 1. The van der Waals surface area contributed by atoms with Crippen LogP contribution in [0.2, 0.25) is 0 Å². The van der Waals surface area contributed by atoms with Gasteiger partial charge < -0.3 is 24.2 Å². The molecule has 276 valence electrons. The number of aromatic nitrogens is 5. The van der Waals surface area contributed by atoms with E-state index in [2.05, 4.69) is 9.88 Å². The molecule has 1 aromatic carbocycles. The zero-order chi connectivity index (χ0) is 35.6. The second kappa shape index (κ2) is 15.1. The standard InChI is InChI=1S/C30H44F2N10O6S2/c1-47-24-7-4-6-23-25(24)33-27(26(31)32)42(23)30-35-28(38-18-20-48-21-19-38)34-29(36-30)41(22-8-12-39(13-9-22)49(2,43)44)11-5-10-37-14-16-40(17-15-37)50(3,45)46/h4,6-7,22,26H,5,8-21H2,1-3H3. The molecule has 0 unspecified atom stereocenters. The van der Waals surface area contributed by atoms with E-state index in [4.69, 9.17) is 24.4 Å². The SMILES string of the molecule is COc1cccc2c1nc(C(F)F)n2-c1nc(N2CCOCC2)nc(N(CCCN2CCN(S(C)(=O)=O)CC2)C2CCN(S(C)(=O)=O)CC2)n1. The van der Waals surface area contributed by atoms with Crippen LogP contribution in [0.15, 0.2) is 18.2 Å². The lowest BCUT2D eigenvalue weighted by Gasteiger charge is -2.39. The first-order valence-corrected chi connectivity index (χ1v) is 20.3. The van der Waals surface area contributed by atoms with Crippen molar-refractivity contribution in [1.29, 1.82) is 0 Å². The van der Waals surface area contributed by atoms with Gasteiger partial charge in [-0.2, -0.15) is 19.3 Å². The third kappa shape index (κ3) is 8.09. The van der Waals surface area contributed by atoms with E-state index in [0.717, 1.165) is 0 Å². The van der Waals surface area contributed by atoms with Crippen LogP contribution in [0.1, 0.15) is 31.5 Å². The Morgan fingerprint density at radius 1 is 0.880 bits per heavy atom. The predicted octanol–water partition coefficient (Wildman–Crippen LogP) is 1.19. The van der Waals surface area contributed by atoms with Gasteiger partial charge in [-0.25, -0.2) is 34.9 Å². The molecule has 0 atom stereocenters. The fourth-order valence-electron chi connectivity index (χ4n) is 6.77. The lowest BCUT2D eigenvalue weighted by atomic mass is 10.0. The number of hydrogen-bond donors (Lipinski definition) is 0. The number of ether oxygens (including phenoxy) is 2. The number of methoxy groups -OCH3 is 1. The van der Waals surface area contributed by atoms with Gasteiger partial charge >= 0.3 is 0 Å². The van der Waals surface area contributed by atoms with E-state index in [-0.39, 0.29) is 17.5 Å². The second-order valence-corrected chi connectivity index (χ2v) is 16.7. The predicted molar refractivity (Wildman–Crippen MR) is 183 cm³/mol. The summed E-state index contributed by atoms with van der Waals surface area (Å²) in [6.07, 6.45) is 1.18. The van der Waals surface area contributed by atoms with Crippen molar-refractivity contribution in [3.8, 4) is 11.7 Å². The number of sulfonamides is 2. The van der Waals surface area contributed by atoms with E-state index < -0.39 is 32.3 Å². The summed E-state index contributed by atoms with van der Waals surface area (Å²) in [7, 11) is -5.18. The van der Waals surface area contributed by atoms with Gasteiger partial charge in [0.05, 0.1) is 38.4 Å².